The molecule has 0 atom stereocenters. The van der Waals surface area contributed by atoms with Gasteiger partial charge in [-0.05, 0) is 30.2 Å². The highest BCUT2D eigenvalue weighted by atomic mass is 35.5. The van der Waals surface area contributed by atoms with E-state index >= 15 is 0 Å². The van der Waals surface area contributed by atoms with Crippen molar-refractivity contribution in [3.63, 3.8) is 0 Å². The molecule has 62 valence electrons. The van der Waals surface area contributed by atoms with Crippen molar-refractivity contribution in [3.8, 4) is 6.07 Å². The van der Waals surface area contributed by atoms with Gasteiger partial charge in [-0.1, -0.05) is 11.6 Å². The maximum absolute atomic E-state index is 12.3. The van der Waals surface area contributed by atoms with Gasteiger partial charge in [0.05, 0.1) is 10.6 Å². The Kier molecular flexibility index (Phi) is 2.67. The highest BCUT2D eigenvalue weighted by Gasteiger charge is 2.04. The van der Waals surface area contributed by atoms with Gasteiger partial charge in [0.25, 0.3) is 0 Å². The van der Waals surface area contributed by atoms with E-state index in [1.165, 1.54) is 6.07 Å². The number of halogens is 2. The molecule has 12 heavy (non-hydrogen) atoms. The molecule has 0 radical (unpaired) electrons. The molecule has 0 N–H and O–H groups in total. The third-order valence-electron chi connectivity index (χ3n) is 1.69. The van der Waals surface area contributed by atoms with Crippen molar-refractivity contribution in [3.05, 3.63) is 33.8 Å². The SMILES string of the molecule is Cc1cc(C#N)c(Cl)cc1CF. The summed E-state index contributed by atoms with van der Waals surface area (Å²) >= 11 is 5.69. The minimum Gasteiger partial charge on any atom is -0.246 e. The number of aryl methyl sites for hydroxylation is 1. The summed E-state index contributed by atoms with van der Waals surface area (Å²) in [6.45, 7) is 1.21. The Labute approximate surface area is 75.4 Å². The number of alkyl halides is 1. The average molecular weight is 184 g/mol. The summed E-state index contributed by atoms with van der Waals surface area (Å²) in [5.41, 5.74) is 1.70. The standard InChI is InChI=1S/C9H7ClFN/c1-6-2-8(5-12)9(10)3-7(6)4-11/h2-3H,4H2,1H3. The second kappa shape index (κ2) is 3.55. The van der Waals surface area contributed by atoms with Crippen LogP contribution in [-0.4, -0.2) is 0 Å². The van der Waals surface area contributed by atoms with E-state index in [0.717, 1.165) is 5.56 Å². The lowest BCUT2D eigenvalue weighted by molar-refractivity contribution is 0.483. The number of nitriles is 1. The number of benzene rings is 1. The Morgan fingerprint density at radius 1 is 1.58 bits per heavy atom. The summed E-state index contributed by atoms with van der Waals surface area (Å²) in [5, 5.41) is 8.89. The molecule has 0 aliphatic rings. The zero-order valence-electron chi connectivity index (χ0n) is 6.56. The molecule has 0 bridgehead atoms. The second-order valence-corrected chi connectivity index (χ2v) is 2.91. The smallest absolute Gasteiger partial charge is 0.115 e. The first-order valence-electron chi connectivity index (χ1n) is 3.44. The van der Waals surface area contributed by atoms with Crippen molar-refractivity contribution in [1.29, 1.82) is 5.26 Å². The van der Waals surface area contributed by atoms with Crippen molar-refractivity contribution >= 4 is 11.6 Å². The first-order valence-corrected chi connectivity index (χ1v) is 3.82. The lowest BCUT2D eigenvalue weighted by Gasteiger charge is -2.02. The van der Waals surface area contributed by atoms with Crippen molar-refractivity contribution < 1.29 is 4.39 Å². The summed E-state index contributed by atoms with van der Waals surface area (Å²) in [7, 11) is 0. The van der Waals surface area contributed by atoms with Crippen molar-refractivity contribution in [1.82, 2.24) is 0 Å². The molecule has 0 saturated heterocycles. The fourth-order valence-electron chi connectivity index (χ4n) is 0.952. The van der Waals surface area contributed by atoms with Gasteiger partial charge < -0.3 is 0 Å². The number of hydrogen-bond donors (Lipinski definition) is 0. The summed E-state index contributed by atoms with van der Waals surface area (Å²) in [6.07, 6.45) is 0. The van der Waals surface area contributed by atoms with Crippen LogP contribution in [0.5, 0.6) is 0 Å². The predicted octanol–water partition coefficient (Wildman–Crippen LogP) is 2.99. The summed E-state index contributed by atoms with van der Waals surface area (Å²) < 4.78 is 12.3. The van der Waals surface area contributed by atoms with Crippen LogP contribution in [0.25, 0.3) is 0 Å². The first-order chi connectivity index (χ1) is 5.69. The quantitative estimate of drug-likeness (QED) is 0.657. The fourth-order valence-corrected chi connectivity index (χ4v) is 1.18. The van der Waals surface area contributed by atoms with Crippen LogP contribution in [0.15, 0.2) is 12.1 Å². The van der Waals surface area contributed by atoms with Crippen LogP contribution in [0.1, 0.15) is 16.7 Å². The van der Waals surface area contributed by atoms with Gasteiger partial charge in [-0.2, -0.15) is 5.26 Å². The van der Waals surface area contributed by atoms with Crippen LogP contribution in [-0.2, 0) is 6.67 Å². The Bertz CT molecular complexity index is 340. The number of rotatable bonds is 1. The molecule has 0 heterocycles. The van der Waals surface area contributed by atoms with E-state index in [1.807, 2.05) is 6.07 Å². The Morgan fingerprint density at radius 3 is 2.75 bits per heavy atom. The Balaban J connectivity index is 3.28. The zero-order chi connectivity index (χ0) is 9.14. The first kappa shape index (κ1) is 9.02. The third-order valence-corrected chi connectivity index (χ3v) is 2.00. The molecule has 1 aromatic carbocycles. The lowest BCUT2D eigenvalue weighted by Crippen LogP contribution is -1.88. The van der Waals surface area contributed by atoms with Gasteiger partial charge in [-0.3, -0.25) is 0 Å². The van der Waals surface area contributed by atoms with Gasteiger partial charge in [-0.25, -0.2) is 4.39 Å². The van der Waals surface area contributed by atoms with E-state index in [9.17, 15) is 4.39 Å². The highest BCUT2D eigenvalue weighted by molar-refractivity contribution is 6.31. The minimum absolute atomic E-state index is 0.316. The van der Waals surface area contributed by atoms with E-state index in [0.29, 0.717) is 16.1 Å². The molecule has 0 aliphatic carbocycles. The van der Waals surface area contributed by atoms with Crippen molar-refractivity contribution in [2.45, 2.75) is 13.6 Å². The Morgan fingerprint density at radius 2 is 2.25 bits per heavy atom. The van der Waals surface area contributed by atoms with Gasteiger partial charge >= 0.3 is 0 Å². The van der Waals surface area contributed by atoms with Gasteiger partial charge in [0.1, 0.15) is 12.7 Å². The molecule has 0 unspecified atom stereocenters. The normalized spacial score (nSPS) is 9.50. The number of hydrogen-bond acceptors (Lipinski definition) is 1. The molecule has 0 aliphatic heterocycles. The van der Waals surface area contributed by atoms with E-state index in [4.69, 9.17) is 16.9 Å². The van der Waals surface area contributed by atoms with Crippen LogP contribution in [0.4, 0.5) is 4.39 Å². The highest BCUT2D eigenvalue weighted by Crippen LogP contribution is 2.21. The summed E-state index contributed by atoms with van der Waals surface area (Å²) in [4.78, 5) is 0. The molecule has 1 rings (SSSR count). The topological polar surface area (TPSA) is 23.8 Å². The monoisotopic (exact) mass is 183 g/mol. The molecule has 0 aromatic heterocycles. The molecular weight excluding hydrogens is 177 g/mol. The molecule has 1 aromatic rings. The summed E-state index contributed by atoms with van der Waals surface area (Å²) in [5.74, 6) is 0. The minimum atomic E-state index is -0.544. The fraction of sp³-hybridized carbons (Fsp3) is 0.222. The lowest BCUT2D eigenvalue weighted by atomic mass is 10.1. The molecular formula is C9H7ClFN. The maximum atomic E-state index is 12.3. The predicted molar refractivity (Wildman–Crippen MR) is 45.7 cm³/mol. The average Bonchev–Trinajstić information content (AvgIpc) is 2.08. The van der Waals surface area contributed by atoms with Crippen molar-refractivity contribution in [2.24, 2.45) is 0 Å². The van der Waals surface area contributed by atoms with E-state index in [1.54, 1.807) is 13.0 Å². The summed E-state index contributed by atoms with van der Waals surface area (Å²) in [6, 6.07) is 5.02. The van der Waals surface area contributed by atoms with E-state index < -0.39 is 6.67 Å². The van der Waals surface area contributed by atoms with Gasteiger partial charge in [0.15, 0.2) is 0 Å². The van der Waals surface area contributed by atoms with Crippen LogP contribution in [0.3, 0.4) is 0 Å². The van der Waals surface area contributed by atoms with Crippen molar-refractivity contribution in [2.75, 3.05) is 0 Å². The van der Waals surface area contributed by atoms with Gasteiger partial charge in [-0.15, -0.1) is 0 Å². The zero-order valence-corrected chi connectivity index (χ0v) is 7.32. The maximum Gasteiger partial charge on any atom is 0.115 e. The largest absolute Gasteiger partial charge is 0.246 e. The van der Waals surface area contributed by atoms with E-state index in [-0.39, 0.29) is 0 Å². The van der Waals surface area contributed by atoms with Crippen LogP contribution >= 0.6 is 11.6 Å². The molecule has 1 nitrogen and oxygen atoms in total. The molecule has 0 spiro atoms. The Hall–Kier alpha value is -1.07. The third kappa shape index (κ3) is 1.57. The van der Waals surface area contributed by atoms with Gasteiger partial charge in [0.2, 0.25) is 0 Å². The van der Waals surface area contributed by atoms with Crippen LogP contribution < -0.4 is 0 Å². The van der Waals surface area contributed by atoms with Crippen LogP contribution in [0, 0.1) is 18.3 Å². The van der Waals surface area contributed by atoms with Crippen LogP contribution in [0.2, 0.25) is 5.02 Å². The molecule has 0 fully saturated rings. The molecule has 0 amide bonds. The van der Waals surface area contributed by atoms with E-state index in [2.05, 4.69) is 0 Å². The second-order valence-electron chi connectivity index (χ2n) is 2.50. The van der Waals surface area contributed by atoms with Gasteiger partial charge in [0, 0.05) is 0 Å². The molecule has 3 heteroatoms. The number of nitrogens with zero attached hydrogens (tertiary/aromatic N) is 1. The molecule has 0 saturated carbocycles.